The molecule has 2 aromatic carbocycles. The molecule has 9 heteroatoms. The van der Waals surface area contributed by atoms with Gasteiger partial charge in [0.25, 0.3) is 5.91 Å². The smallest absolute Gasteiger partial charge is 0.278 e. The topological polar surface area (TPSA) is 82.2 Å². The van der Waals surface area contributed by atoms with Crippen LogP contribution in [0.5, 0.6) is 5.75 Å². The van der Waals surface area contributed by atoms with E-state index in [-0.39, 0.29) is 12.3 Å². The van der Waals surface area contributed by atoms with Gasteiger partial charge in [-0.2, -0.15) is 5.10 Å². The van der Waals surface area contributed by atoms with E-state index in [9.17, 15) is 4.79 Å². The van der Waals surface area contributed by atoms with E-state index < -0.39 is 5.91 Å². The number of anilines is 1. The summed E-state index contributed by atoms with van der Waals surface area (Å²) in [5, 5.41) is 12.1. The van der Waals surface area contributed by atoms with E-state index in [0.717, 1.165) is 16.9 Å². The summed E-state index contributed by atoms with van der Waals surface area (Å²) >= 11 is 12.2. The molecule has 0 aliphatic heterocycles. The Kier molecular flexibility index (Phi) is 6.48. The summed E-state index contributed by atoms with van der Waals surface area (Å²) in [7, 11) is 0. The van der Waals surface area contributed by atoms with Gasteiger partial charge in [-0.1, -0.05) is 52.6 Å². The maximum atomic E-state index is 12.8. The van der Waals surface area contributed by atoms with Gasteiger partial charge in [0.1, 0.15) is 18.1 Å². The number of halogens is 2. The highest BCUT2D eigenvalue weighted by Crippen LogP contribution is 2.23. The molecule has 0 unspecified atom stereocenters. The number of nitrogens with zero attached hydrogens (tertiary/aromatic N) is 3. The minimum Gasteiger partial charge on any atom is -0.488 e. The van der Waals surface area contributed by atoms with Crippen LogP contribution >= 0.6 is 23.2 Å². The Bertz CT molecular complexity index is 1270. The van der Waals surface area contributed by atoms with Crippen molar-refractivity contribution < 1.29 is 14.1 Å². The fourth-order valence-corrected chi connectivity index (χ4v) is 3.61. The lowest BCUT2D eigenvalue weighted by Gasteiger charge is -2.09. The fraction of sp³-hybridized carbons (Fsp3) is 0.174. The summed E-state index contributed by atoms with van der Waals surface area (Å²) in [6.07, 6.45) is 3.26. The lowest BCUT2D eigenvalue weighted by atomic mass is 10.2. The van der Waals surface area contributed by atoms with Gasteiger partial charge in [-0.05, 0) is 43.2 Å². The number of ether oxygens (including phenoxy) is 1. The van der Waals surface area contributed by atoms with Crippen molar-refractivity contribution >= 4 is 34.8 Å². The molecule has 0 radical (unpaired) electrons. The molecular weight excluding hydrogens is 451 g/mol. The number of rotatable bonds is 7. The Balaban J connectivity index is 1.44. The Morgan fingerprint density at radius 1 is 1.19 bits per heavy atom. The minimum absolute atomic E-state index is 0.164. The number of amides is 1. The van der Waals surface area contributed by atoms with Gasteiger partial charge in [-0.25, -0.2) is 0 Å². The van der Waals surface area contributed by atoms with Crippen LogP contribution in [-0.4, -0.2) is 20.8 Å². The van der Waals surface area contributed by atoms with Gasteiger partial charge in [0, 0.05) is 16.2 Å². The number of carbonyl (C=O) groups is 1. The molecule has 0 bridgehead atoms. The van der Waals surface area contributed by atoms with E-state index in [4.69, 9.17) is 32.5 Å². The normalized spacial score (nSPS) is 10.9. The minimum atomic E-state index is -0.408. The largest absolute Gasteiger partial charge is 0.488 e. The van der Waals surface area contributed by atoms with Crippen molar-refractivity contribution in [1.29, 1.82) is 0 Å². The summed E-state index contributed by atoms with van der Waals surface area (Å²) in [5.74, 6) is 0.854. The number of para-hydroxylation sites is 1. The molecule has 2 aromatic heterocycles. The first-order chi connectivity index (χ1) is 15.4. The van der Waals surface area contributed by atoms with Crippen LogP contribution in [0, 0.1) is 13.8 Å². The van der Waals surface area contributed by atoms with Crippen molar-refractivity contribution in [1.82, 2.24) is 14.9 Å². The van der Waals surface area contributed by atoms with E-state index in [2.05, 4.69) is 15.6 Å². The van der Waals surface area contributed by atoms with Gasteiger partial charge in [0.05, 0.1) is 24.0 Å². The third-order valence-corrected chi connectivity index (χ3v) is 5.49. The predicted molar refractivity (Wildman–Crippen MR) is 122 cm³/mol. The molecule has 0 fully saturated rings. The lowest BCUT2D eigenvalue weighted by Crippen LogP contribution is -2.15. The zero-order valence-corrected chi connectivity index (χ0v) is 18.9. The van der Waals surface area contributed by atoms with Crippen LogP contribution in [0.3, 0.4) is 0 Å². The summed E-state index contributed by atoms with van der Waals surface area (Å²) in [6, 6.07) is 12.9. The molecule has 0 aliphatic carbocycles. The molecule has 1 amide bonds. The predicted octanol–water partition coefficient (Wildman–Crippen LogP) is 5.67. The maximum absolute atomic E-state index is 12.8. The summed E-state index contributed by atoms with van der Waals surface area (Å²) in [4.78, 5) is 12.8. The van der Waals surface area contributed by atoms with E-state index in [1.165, 1.54) is 0 Å². The average Bonchev–Trinajstić information content (AvgIpc) is 3.35. The molecular formula is C23H20Cl2N4O3. The second-order valence-electron chi connectivity index (χ2n) is 7.24. The number of nitrogens with one attached hydrogen (secondary N) is 1. The van der Waals surface area contributed by atoms with Crippen molar-refractivity contribution in [3.05, 3.63) is 93.0 Å². The molecule has 164 valence electrons. The molecule has 2 heterocycles. The summed E-state index contributed by atoms with van der Waals surface area (Å²) < 4.78 is 12.8. The summed E-state index contributed by atoms with van der Waals surface area (Å²) in [5.41, 5.74) is 3.14. The zero-order chi connectivity index (χ0) is 22.7. The maximum Gasteiger partial charge on any atom is 0.278 e. The van der Waals surface area contributed by atoms with Crippen LogP contribution in [-0.2, 0) is 13.2 Å². The highest BCUT2D eigenvalue weighted by Gasteiger charge is 2.21. The van der Waals surface area contributed by atoms with Crippen LogP contribution in [0.1, 0.15) is 32.9 Å². The highest BCUT2D eigenvalue weighted by molar-refractivity contribution is 6.35. The fourth-order valence-electron chi connectivity index (χ4n) is 3.14. The van der Waals surface area contributed by atoms with E-state index in [1.807, 2.05) is 37.3 Å². The monoisotopic (exact) mass is 470 g/mol. The molecule has 0 atom stereocenters. The molecule has 4 aromatic rings. The first kappa shape index (κ1) is 21.9. The van der Waals surface area contributed by atoms with Gasteiger partial charge in [-0.3, -0.25) is 9.48 Å². The lowest BCUT2D eigenvalue weighted by molar-refractivity contribution is 0.101. The molecule has 7 nitrogen and oxygen atoms in total. The van der Waals surface area contributed by atoms with E-state index >= 15 is 0 Å². The van der Waals surface area contributed by atoms with E-state index in [1.54, 1.807) is 36.1 Å². The van der Waals surface area contributed by atoms with Gasteiger partial charge in [-0.15, -0.1) is 0 Å². The first-order valence-electron chi connectivity index (χ1n) is 9.82. The molecule has 32 heavy (non-hydrogen) atoms. The van der Waals surface area contributed by atoms with Crippen LogP contribution in [0.4, 0.5) is 5.69 Å². The number of aryl methyl sites for hydroxylation is 2. The molecule has 4 rings (SSSR count). The second kappa shape index (κ2) is 9.46. The van der Waals surface area contributed by atoms with Crippen molar-refractivity contribution in [2.75, 3.05) is 5.32 Å². The van der Waals surface area contributed by atoms with Crippen LogP contribution in [0.2, 0.25) is 10.0 Å². The standard InChI is InChI=1S/C23H20Cl2N4O3/c1-14-5-3-4-6-21(14)31-13-19-15(2)32-28-22(19)23(30)27-18-10-26-29(12-18)11-16-7-8-17(24)9-20(16)25/h3-10,12H,11,13H2,1-2H3,(H,27,30). The molecule has 0 spiro atoms. The van der Waals surface area contributed by atoms with Gasteiger partial charge in [0.2, 0.25) is 0 Å². The van der Waals surface area contributed by atoms with Gasteiger partial charge in [0.15, 0.2) is 5.69 Å². The quantitative estimate of drug-likeness (QED) is 0.375. The molecule has 0 saturated heterocycles. The molecule has 1 N–H and O–H groups in total. The van der Waals surface area contributed by atoms with Crippen LogP contribution in [0.15, 0.2) is 59.4 Å². The third kappa shape index (κ3) is 4.95. The number of benzene rings is 2. The zero-order valence-electron chi connectivity index (χ0n) is 17.4. The number of carbonyl (C=O) groups excluding carboxylic acids is 1. The van der Waals surface area contributed by atoms with Crippen LogP contribution in [0.25, 0.3) is 0 Å². The van der Waals surface area contributed by atoms with Crippen molar-refractivity contribution in [3.8, 4) is 5.75 Å². The van der Waals surface area contributed by atoms with Gasteiger partial charge >= 0.3 is 0 Å². The molecule has 0 saturated carbocycles. The Morgan fingerprint density at radius 2 is 2.00 bits per heavy atom. The first-order valence-corrected chi connectivity index (χ1v) is 10.6. The van der Waals surface area contributed by atoms with Crippen molar-refractivity contribution in [2.45, 2.75) is 27.0 Å². The van der Waals surface area contributed by atoms with E-state index in [0.29, 0.717) is 33.6 Å². The second-order valence-corrected chi connectivity index (χ2v) is 8.08. The average molecular weight is 471 g/mol. The Labute approximate surface area is 194 Å². The number of aromatic nitrogens is 3. The number of hydrogen-bond acceptors (Lipinski definition) is 5. The van der Waals surface area contributed by atoms with Crippen molar-refractivity contribution in [2.24, 2.45) is 0 Å². The Morgan fingerprint density at radius 3 is 2.78 bits per heavy atom. The third-order valence-electron chi connectivity index (χ3n) is 4.90. The van der Waals surface area contributed by atoms with Gasteiger partial charge < -0.3 is 14.6 Å². The summed E-state index contributed by atoms with van der Waals surface area (Å²) in [6.45, 7) is 4.30. The SMILES string of the molecule is Cc1ccccc1OCc1c(C(=O)Nc2cnn(Cc3ccc(Cl)cc3Cl)c2)noc1C. The number of hydrogen-bond donors (Lipinski definition) is 1. The van der Waals surface area contributed by atoms with Crippen molar-refractivity contribution in [3.63, 3.8) is 0 Å². The molecule has 0 aliphatic rings. The highest BCUT2D eigenvalue weighted by atomic mass is 35.5. The Hall–Kier alpha value is -3.29. The van der Waals surface area contributed by atoms with Crippen LogP contribution < -0.4 is 10.1 Å².